The Bertz CT molecular complexity index is 1180. The lowest BCUT2D eigenvalue weighted by atomic mass is 10.0. The second kappa shape index (κ2) is 6.25. The first-order chi connectivity index (χ1) is 12.6. The highest BCUT2D eigenvalue weighted by Crippen LogP contribution is 2.27. The van der Waals surface area contributed by atoms with Gasteiger partial charge >= 0.3 is 0 Å². The molecule has 0 amide bonds. The molecule has 6 heteroatoms. The maximum absolute atomic E-state index is 12.9. The lowest BCUT2D eigenvalue weighted by molar-refractivity contribution is -0.384. The number of nitro benzene ring substituents is 1. The molecule has 3 aromatic carbocycles. The molecule has 0 atom stereocenters. The van der Waals surface area contributed by atoms with E-state index in [1.807, 2.05) is 24.3 Å². The third-order valence-corrected chi connectivity index (χ3v) is 4.14. The van der Waals surface area contributed by atoms with Gasteiger partial charge in [0.2, 0.25) is 0 Å². The zero-order valence-corrected chi connectivity index (χ0v) is 13.6. The number of fused-ring (bicyclic) bond motifs is 1. The molecule has 4 rings (SSSR count). The Labute approximate surface area is 148 Å². The van der Waals surface area contributed by atoms with Crippen LogP contribution in [0.2, 0.25) is 0 Å². The van der Waals surface area contributed by atoms with Crippen LogP contribution in [0, 0.1) is 10.1 Å². The number of nitro groups is 1. The smallest absolute Gasteiger partial charge is 0.267 e. The minimum Gasteiger partial charge on any atom is -0.267 e. The predicted molar refractivity (Wildman–Crippen MR) is 99.4 cm³/mol. The largest absolute Gasteiger partial charge is 0.279 e. The van der Waals surface area contributed by atoms with Crippen molar-refractivity contribution in [3.05, 3.63) is 99.3 Å². The molecule has 6 nitrogen and oxygen atoms in total. The summed E-state index contributed by atoms with van der Waals surface area (Å²) in [6, 6.07) is 22.5. The van der Waals surface area contributed by atoms with E-state index in [9.17, 15) is 14.9 Å². The molecule has 1 heterocycles. The van der Waals surface area contributed by atoms with Crippen LogP contribution < -0.4 is 5.56 Å². The van der Waals surface area contributed by atoms with Crippen LogP contribution >= 0.6 is 0 Å². The lowest BCUT2D eigenvalue weighted by Gasteiger charge is -2.11. The summed E-state index contributed by atoms with van der Waals surface area (Å²) in [5, 5.41) is 16.8. The lowest BCUT2D eigenvalue weighted by Crippen LogP contribution is -2.22. The highest BCUT2D eigenvalue weighted by atomic mass is 16.6. The average molecular weight is 343 g/mol. The van der Waals surface area contributed by atoms with Crippen molar-refractivity contribution in [3.8, 4) is 16.9 Å². The number of hydrogen-bond donors (Lipinski definition) is 0. The SMILES string of the molecule is O=c1c2ccccc2c(-c2cccc([N+](=O)[O-])c2)nn1-c1ccccc1. The third kappa shape index (κ3) is 2.63. The molecule has 1 aromatic heterocycles. The van der Waals surface area contributed by atoms with Gasteiger partial charge in [0.15, 0.2) is 0 Å². The molecule has 0 bridgehead atoms. The number of aromatic nitrogens is 2. The summed E-state index contributed by atoms with van der Waals surface area (Å²) in [5.41, 5.74) is 1.48. The van der Waals surface area contributed by atoms with Crippen LogP contribution in [0.3, 0.4) is 0 Å². The average Bonchev–Trinajstić information content (AvgIpc) is 2.69. The number of benzene rings is 3. The maximum atomic E-state index is 12.9. The highest BCUT2D eigenvalue weighted by molar-refractivity contribution is 5.94. The minimum atomic E-state index is -0.446. The van der Waals surface area contributed by atoms with Crippen molar-refractivity contribution in [3.63, 3.8) is 0 Å². The van der Waals surface area contributed by atoms with Crippen LogP contribution in [-0.4, -0.2) is 14.7 Å². The standard InChI is InChI=1S/C20H13N3O3/c24-20-18-12-5-4-11-17(18)19(14-7-6-10-16(13-14)23(25)26)21-22(20)15-8-2-1-3-9-15/h1-13H. The molecule has 126 valence electrons. The molecule has 26 heavy (non-hydrogen) atoms. The first kappa shape index (κ1) is 15.7. The van der Waals surface area contributed by atoms with E-state index < -0.39 is 4.92 Å². The summed E-state index contributed by atoms with van der Waals surface area (Å²) >= 11 is 0. The summed E-state index contributed by atoms with van der Waals surface area (Å²) in [5.74, 6) is 0. The summed E-state index contributed by atoms with van der Waals surface area (Å²) in [7, 11) is 0. The van der Waals surface area contributed by atoms with E-state index in [1.54, 1.807) is 42.5 Å². The summed E-state index contributed by atoms with van der Waals surface area (Å²) in [6.45, 7) is 0. The summed E-state index contributed by atoms with van der Waals surface area (Å²) in [6.07, 6.45) is 0. The first-order valence-electron chi connectivity index (χ1n) is 7.97. The van der Waals surface area contributed by atoms with Crippen LogP contribution in [-0.2, 0) is 0 Å². The fraction of sp³-hybridized carbons (Fsp3) is 0. The van der Waals surface area contributed by atoms with Gasteiger partial charge in [-0.25, -0.2) is 0 Å². The van der Waals surface area contributed by atoms with Crippen molar-refractivity contribution in [2.75, 3.05) is 0 Å². The van der Waals surface area contributed by atoms with Gasteiger partial charge in [-0.15, -0.1) is 0 Å². The molecule has 0 radical (unpaired) electrons. The Balaban J connectivity index is 2.06. The van der Waals surface area contributed by atoms with E-state index in [-0.39, 0.29) is 11.2 Å². The van der Waals surface area contributed by atoms with E-state index in [0.717, 1.165) is 0 Å². The molecule has 0 aliphatic rings. The van der Waals surface area contributed by atoms with Gasteiger partial charge in [-0.05, 0) is 18.2 Å². The van der Waals surface area contributed by atoms with Crippen molar-refractivity contribution in [2.24, 2.45) is 0 Å². The molecule has 0 saturated heterocycles. The van der Waals surface area contributed by atoms with Crippen molar-refractivity contribution in [1.29, 1.82) is 0 Å². The van der Waals surface area contributed by atoms with Crippen LogP contribution in [0.5, 0.6) is 0 Å². The normalized spacial score (nSPS) is 10.8. The fourth-order valence-corrected chi connectivity index (χ4v) is 2.91. The Morgan fingerprint density at radius 2 is 1.54 bits per heavy atom. The Hall–Kier alpha value is -3.80. The third-order valence-electron chi connectivity index (χ3n) is 4.14. The fourth-order valence-electron chi connectivity index (χ4n) is 2.91. The van der Waals surface area contributed by atoms with E-state index in [2.05, 4.69) is 5.10 Å². The molecular weight excluding hydrogens is 330 g/mol. The van der Waals surface area contributed by atoms with Gasteiger partial charge in [0.05, 0.1) is 21.7 Å². The van der Waals surface area contributed by atoms with E-state index >= 15 is 0 Å². The molecule has 4 aromatic rings. The van der Waals surface area contributed by atoms with Crippen LogP contribution in [0.4, 0.5) is 5.69 Å². The quantitative estimate of drug-likeness (QED) is 0.417. The van der Waals surface area contributed by atoms with Gasteiger partial charge < -0.3 is 0 Å². The molecule has 0 aliphatic heterocycles. The van der Waals surface area contributed by atoms with Gasteiger partial charge in [-0.2, -0.15) is 9.78 Å². The number of para-hydroxylation sites is 1. The molecule has 0 aliphatic carbocycles. The Kier molecular flexibility index (Phi) is 3.78. The molecule has 0 saturated carbocycles. The molecule has 0 N–H and O–H groups in total. The molecule has 0 spiro atoms. The summed E-state index contributed by atoms with van der Waals surface area (Å²) in [4.78, 5) is 23.6. The van der Waals surface area contributed by atoms with Crippen LogP contribution in [0.15, 0.2) is 83.7 Å². The second-order valence-corrected chi connectivity index (χ2v) is 5.75. The maximum Gasteiger partial charge on any atom is 0.279 e. The van der Waals surface area contributed by atoms with Crippen molar-refractivity contribution >= 4 is 16.5 Å². The topological polar surface area (TPSA) is 78.0 Å². The van der Waals surface area contributed by atoms with Gasteiger partial charge in [0.25, 0.3) is 11.2 Å². The zero-order valence-electron chi connectivity index (χ0n) is 13.6. The monoisotopic (exact) mass is 343 g/mol. The number of rotatable bonds is 3. The zero-order chi connectivity index (χ0) is 18.1. The van der Waals surface area contributed by atoms with E-state index in [0.29, 0.717) is 27.7 Å². The Morgan fingerprint density at radius 1 is 0.846 bits per heavy atom. The van der Waals surface area contributed by atoms with Crippen LogP contribution in [0.25, 0.3) is 27.7 Å². The van der Waals surface area contributed by atoms with Gasteiger partial charge in [0.1, 0.15) is 0 Å². The molecular formula is C20H13N3O3. The van der Waals surface area contributed by atoms with E-state index in [4.69, 9.17) is 0 Å². The predicted octanol–water partition coefficient (Wildman–Crippen LogP) is 3.96. The Morgan fingerprint density at radius 3 is 2.27 bits per heavy atom. The number of non-ortho nitro benzene ring substituents is 1. The van der Waals surface area contributed by atoms with E-state index in [1.165, 1.54) is 16.8 Å². The first-order valence-corrected chi connectivity index (χ1v) is 7.97. The van der Waals surface area contributed by atoms with Gasteiger partial charge in [-0.1, -0.05) is 48.5 Å². The minimum absolute atomic E-state index is 0.0224. The highest BCUT2D eigenvalue weighted by Gasteiger charge is 2.15. The van der Waals surface area contributed by atoms with Crippen molar-refractivity contribution < 1.29 is 4.92 Å². The molecule has 0 unspecified atom stereocenters. The van der Waals surface area contributed by atoms with Crippen molar-refractivity contribution in [2.45, 2.75) is 0 Å². The van der Waals surface area contributed by atoms with Crippen LogP contribution in [0.1, 0.15) is 0 Å². The molecule has 0 fully saturated rings. The van der Waals surface area contributed by atoms with Crippen molar-refractivity contribution in [1.82, 2.24) is 9.78 Å². The van der Waals surface area contributed by atoms with Gasteiger partial charge in [0, 0.05) is 23.1 Å². The number of nitrogens with zero attached hydrogens (tertiary/aromatic N) is 3. The summed E-state index contributed by atoms with van der Waals surface area (Å²) < 4.78 is 1.33. The second-order valence-electron chi connectivity index (χ2n) is 5.75. The number of hydrogen-bond acceptors (Lipinski definition) is 4. The van der Waals surface area contributed by atoms with Gasteiger partial charge in [-0.3, -0.25) is 14.9 Å².